The molecule has 0 aromatic carbocycles. The predicted octanol–water partition coefficient (Wildman–Crippen LogP) is 3.90. The Morgan fingerprint density at radius 1 is 1.06 bits per heavy atom. The normalized spacial score (nSPS) is 11.1. The summed E-state index contributed by atoms with van der Waals surface area (Å²) in [6.45, 7) is 0. The second-order valence-corrected chi connectivity index (χ2v) is 4.15. The molecule has 0 fully saturated rings. The van der Waals surface area contributed by atoms with Gasteiger partial charge in [-0.3, -0.25) is 0 Å². The van der Waals surface area contributed by atoms with E-state index in [1.165, 1.54) is 0 Å². The monoisotopic (exact) mass is 252 g/mol. The van der Waals surface area contributed by atoms with Crippen LogP contribution in [0.5, 0.6) is 0 Å². The van der Waals surface area contributed by atoms with Crippen LogP contribution in [0.2, 0.25) is 10.2 Å². The van der Waals surface area contributed by atoms with E-state index in [0.29, 0.717) is 16.0 Å². The first kappa shape index (κ1) is 9.75. The van der Waals surface area contributed by atoms with Crippen LogP contribution in [0.1, 0.15) is 0 Å². The Bertz CT molecular complexity index is 657. The van der Waals surface area contributed by atoms with E-state index in [0.717, 1.165) is 11.3 Å². The van der Waals surface area contributed by atoms with Crippen molar-refractivity contribution in [3.63, 3.8) is 0 Å². The van der Waals surface area contributed by atoms with Crippen molar-refractivity contribution >= 4 is 28.8 Å². The Kier molecular flexibility index (Phi) is 2.16. The third kappa shape index (κ3) is 1.58. The second-order valence-electron chi connectivity index (χ2n) is 3.34. The lowest BCUT2D eigenvalue weighted by Gasteiger charge is -1.91. The first-order valence-electron chi connectivity index (χ1n) is 4.62. The molecule has 0 saturated carbocycles. The zero-order valence-electron chi connectivity index (χ0n) is 8.02. The highest BCUT2D eigenvalue weighted by molar-refractivity contribution is 6.30. The number of hydrogen-bond acceptors (Lipinski definition) is 2. The van der Waals surface area contributed by atoms with Gasteiger partial charge in [-0.2, -0.15) is 0 Å². The van der Waals surface area contributed by atoms with Crippen LogP contribution in [0.3, 0.4) is 0 Å². The summed E-state index contributed by atoms with van der Waals surface area (Å²) in [6, 6.07) is 7.11. The molecule has 0 saturated heterocycles. The van der Waals surface area contributed by atoms with Crippen LogP contribution >= 0.6 is 23.2 Å². The van der Waals surface area contributed by atoms with Gasteiger partial charge < -0.3 is 8.82 Å². The Hall–Kier alpha value is -1.45. The molecule has 80 valence electrons. The smallest absolute Gasteiger partial charge is 0.194 e. The Morgan fingerprint density at radius 2 is 1.94 bits per heavy atom. The predicted molar refractivity (Wildman–Crippen MR) is 62.9 cm³/mol. The van der Waals surface area contributed by atoms with Crippen LogP contribution in [0.4, 0.5) is 0 Å². The maximum atomic E-state index is 5.88. The van der Waals surface area contributed by atoms with E-state index in [-0.39, 0.29) is 0 Å². The van der Waals surface area contributed by atoms with Crippen molar-refractivity contribution in [2.45, 2.75) is 0 Å². The van der Waals surface area contributed by atoms with Gasteiger partial charge in [-0.1, -0.05) is 11.6 Å². The molecule has 3 aromatic heterocycles. The van der Waals surface area contributed by atoms with Gasteiger partial charge in [0.05, 0.1) is 5.02 Å². The molecule has 0 aliphatic heterocycles. The summed E-state index contributed by atoms with van der Waals surface area (Å²) in [5.41, 5.74) is 1.54. The fourth-order valence-corrected chi connectivity index (χ4v) is 1.85. The number of pyridine rings is 1. The van der Waals surface area contributed by atoms with Crippen molar-refractivity contribution in [1.82, 2.24) is 9.38 Å². The molecule has 0 aliphatic carbocycles. The molecular weight excluding hydrogens is 247 g/mol. The summed E-state index contributed by atoms with van der Waals surface area (Å²) < 4.78 is 7.13. The average Bonchev–Trinajstić information content (AvgIpc) is 2.83. The molecule has 5 heteroatoms. The van der Waals surface area contributed by atoms with Crippen LogP contribution < -0.4 is 0 Å². The minimum Gasteiger partial charge on any atom is -0.443 e. The van der Waals surface area contributed by atoms with E-state index in [9.17, 15) is 0 Å². The van der Waals surface area contributed by atoms with Crippen molar-refractivity contribution in [3.8, 4) is 11.5 Å². The van der Waals surface area contributed by atoms with Crippen LogP contribution in [0.15, 0.2) is 41.1 Å². The molecule has 0 atom stereocenters. The first-order valence-corrected chi connectivity index (χ1v) is 5.38. The zero-order valence-corrected chi connectivity index (χ0v) is 9.53. The van der Waals surface area contributed by atoms with Gasteiger partial charge in [0, 0.05) is 12.4 Å². The van der Waals surface area contributed by atoms with E-state index in [1.807, 2.05) is 16.7 Å². The van der Waals surface area contributed by atoms with E-state index < -0.39 is 0 Å². The molecule has 0 aliphatic rings. The van der Waals surface area contributed by atoms with Crippen molar-refractivity contribution in [3.05, 3.63) is 46.9 Å². The lowest BCUT2D eigenvalue weighted by Crippen LogP contribution is -1.79. The van der Waals surface area contributed by atoms with Crippen molar-refractivity contribution in [1.29, 1.82) is 0 Å². The van der Waals surface area contributed by atoms with Gasteiger partial charge in [0.25, 0.3) is 0 Å². The molecule has 3 aromatic rings. The maximum Gasteiger partial charge on any atom is 0.194 e. The highest BCUT2D eigenvalue weighted by atomic mass is 35.5. The minimum atomic E-state index is 0.352. The van der Waals surface area contributed by atoms with Crippen LogP contribution in [-0.4, -0.2) is 9.38 Å². The molecule has 3 rings (SSSR count). The molecule has 0 N–H and O–H groups in total. The van der Waals surface area contributed by atoms with E-state index in [1.54, 1.807) is 24.4 Å². The first-order chi connectivity index (χ1) is 7.72. The number of aromatic nitrogens is 2. The third-order valence-corrected chi connectivity index (χ3v) is 2.67. The van der Waals surface area contributed by atoms with Gasteiger partial charge in [-0.15, -0.1) is 0 Å². The van der Waals surface area contributed by atoms with Crippen molar-refractivity contribution in [2.24, 2.45) is 0 Å². The summed E-state index contributed by atoms with van der Waals surface area (Å²) in [4.78, 5) is 4.39. The van der Waals surface area contributed by atoms with Gasteiger partial charge in [0.1, 0.15) is 11.3 Å². The molecule has 0 unspecified atom stereocenters. The number of hydrogen-bond donors (Lipinski definition) is 0. The lowest BCUT2D eigenvalue weighted by atomic mass is 10.4. The molecule has 16 heavy (non-hydrogen) atoms. The number of halogens is 2. The number of rotatable bonds is 1. The molecule has 0 bridgehead atoms. The average molecular weight is 253 g/mol. The van der Waals surface area contributed by atoms with Crippen LogP contribution in [0, 0.1) is 0 Å². The van der Waals surface area contributed by atoms with Gasteiger partial charge in [0.2, 0.25) is 0 Å². The summed E-state index contributed by atoms with van der Waals surface area (Å²) in [7, 11) is 0. The maximum absolute atomic E-state index is 5.88. The molecule has 0 spiro atoms. The Morgan fingerprint density at radius 3 is 2.69 bits per heavy atom. The van der Waals surface area contributed by atoms with Crippen LogP contribution in [0.25, 0.3) is 17.1 Å². The van der Waals surface area contributed by atoms with Crippen molar-refractivity contribution in [2.75, 3.05) is 0 Å². The standard InChI is InChI=1S/C11H6Cl2N2O/c12-7-1-4-11-14-8(6-15(11)5-7)9-2-3-10(13)16-9/h1-6H. The zero-order chi connectivity index (χ0) is 11.1. The fourth-order valence-electron chi connectivity index (χ4n) is 1.54. The lowest BCUT2D eigenvalue weighted by molar-refractivity contribution is 0.582. The fraction of sp³-hybridized carbons (Fsp3) is 0. The van der Waals surface area contributed by atoms with Gasteiger partial charge in [0.15, 0.2) is 11.0 Å². The number of furan rings is 1. The Labute approximate surface area is 101 Å². The SMILES string of the molecule is Clc1ccc2nc(-c3ccc(Cl)o3)cn2c1. The second kappa shape index (κ2) is 3.54. The summed E-state index contributed by atoms with van der Waals surface area (Å²) in [5, 5.41) is 1.01. The molecule has 0 amide bonds. The Balaban J connectivity index is 2.18. The molecular formula is C11H6Cl2N2O. The topological polar surface area (TPSA) is 30.4 Å². The molecule has 3 nitrogen and oxygen atoms in total. The summed E-state index contributed by atoms with van der Waals surface area (Å²) in [6.07, 6.45) is 3.63. The summed E-state index contributed by atoms with van der Waals surface area (Å²) >= 11 is 11.6. The van der Waals surface area contributed by atoms with E-state index in [2.05, 4.69) is 4.98 Å². The molecule has 3 heterocycles. The number of nitrogens with zero attached hydrogens (tertiary/aromatic N) is 2. The minimum absolute atomic E-state index is 0.352. The van der Waals surface area contributed by atoms with Gasteiger partial charge in [-0.25, -0.2) is 4.98 Å². The van der Waals surface area contributed by atoms with Crippen molar-refractivity contribution < 1.29 is 4.42 Å². The van der Waals surface area contributed by atoms with Crippen LogP contribution in [-0.2, 0) is 0 Å². The highest BCUT2D eigenvalue weighted by Crippen LogP contribution is 2.24. The highest BCUT2D eigenvalue weighted by Gasteiger charge is 2.08. The quantitative estimate of drug-likeness (QED) is 0.658. The largest absolute Gasteiger partial charge is 0.443 e. The van der Waals surface area contributed by atoms with E-state index >= 15 is 0 Å². The van der Waals surface area contributed by atoms with E-state index in [4.69, 9.17) is 27.6 Å². The number of imidazole rings is 1. The van der Waals surface area contributed by atoms with Gasteiger partial charge >= 0.3 is 0 Å². The number of fused-ring (bicyclic) bond motifs is 1. The van der Waals surface area contributed by atoms with Gasteiger partial charge in [-0.05, 0) is 35.9 Å². The third-order valence-electron chi connectivity index (χ3n) is 2.24. The molecule has 0 radical (unpaired) electrons. The summed E-state index contributed by atoms with van der Waals surface area (Å²) in [5.74, 6) is 0.643.